The number of nitrogens with one attached hydrogen (secondary N) is 1. The van der Waals surface area contributed by atoms with Gasteiger partial charge in [-0.25, -0.2) is 14.4 Å². The zero-order valence-corrected chi connectivity index (χ0v) is 15.8. The first-order chi connectivity index (χ1) is 13.1. The monoisotopic (exact) mass is 382 g/mol. The van der Waals surface area contributed by atoms with E-state index in [1.807, 2.05) is 6.07 Å². The van der Waals surface area contributed by atoms with Crippen LogP contribution in [0, 0.1) is 12.7 Å². The highest BCUT2D eigenvalue weighted by atomic mass is 35.5. The molecular weight excluding hydrogens is 363 g/mol. The van der Waals surface area contributed by atoms with Crippen LogP contribution in [0.5, 0.6) is 0 Å². The molecule has 0 atom stereocenters. The Morgan fingerprint density at radius 3 is 2.74 bits per heavy atom. The Bertz CT molecular complexity index is 962. The van der Waals surface area contributed by atoms with Crippen molar-refractivity contribution in [1.82, 2.24) is 14.9 Å². The van der Waals surface area contributed by atoms with E-state index in [2.05, 4.69) is 44.5 Å². The van der Waals surface area contributed by atoms with Gasteiger partial charge in [-0.1, -0.05) is 41.9 Å². The van der Waals surface area contributed by atoms with E-state index in [0.717, 1.165) is 43.0 Å². The first-order valence-corrected chi connectivity index (χ1v) is 9.31. The molecule has 4 rings (SSSR count). The molecular formula is C21H20ClFN4. The summed E-state index contributed by atoms with van der Waals surface area (Å²) in [7, 11) is 0. The second-order valence-corrected chi connectivity index (χ2v) is 7.16. The van der Waals surface area contributed by atoms with Crippen LogP contribution in [0.4, 0.5) is 16.0 Å². The Labute approximate surface area is 163 Å². The summed E-state index contributed by atoms with van der Waals surface area (Å²) >= 11 is 6.46. The number of benzene rings is 2. The van der Waals surface area contributed by atoms with Crippen molar-refractivity contribution in [3.63, 3.8) is 0 Å². The molecule has 27 heavy (non-hydrogen) atoms. The third kappa shape index (κ3) is 4.10. The number of rotatable bonds is 4. The first-order valence-electron chi connectivity index (χ1n) is 8.93. The van der Waals surface area contributed by atoms with Crippen molar-refractivity contribution in [2.45, 2.75) is 26.4 Å². The van der Waals surface area contributed by atoms with Crippen molar-refractivity contribution >= 4 is 23.2 Å². The summed E-state index contributed by atoms with van der Waals surface area (Å²) in [5.74, 6) is 0.213. The molecule has 6 heteroatoms. The first kappa shape index (κ1) is 17.9. The van der Waals surface area contributed by atoms with Crippen molar-refractivity contribution in [3.8, 4) is 0 Å². The number of aromatic nitrogens is 2. The van der Waals surface area contributed by atoms with Crippen LogP contribution in [0.3, 0.4) is 0 Å². The van der Waals surface area contributed by atoms with Crippen LogP contribution in [0.15, 0.2) is 48.5 Å². The zero-order valence-electron chi connectivity index (χ0n) is 15.0. The van der Waals surface area contributed by atoms with Gasteiger partial charge in [-0.15, -0.1) is 0 Å². The molecule has 1 aliphatic heterocycles. The highest BCUT2D eigenvalue weighted by Gasteiger charge is 2.22. The molecule has 4 nitrogen and oxygen atoms in total. The maximum absolute atomic E-state index is 13.4. The van der Waals surface area contributed by atoms with Crippen LogP contribution in [-0.4, -0.2) is 21.4 Å². The van der Waals surface area contributed by atoms with E-state index in [4.69, 9.17) is 11.6 Å². The Kier molecular flexibility index (Phi) is 5.05. The van der Waals surface area contributed by atoms with Crippen LogP contribution in [0.25, 0.3) is 0 Å². The maximum Gasteiger partial charge on any atom is 0.228 e. The van der Waals surface area contributed by atoms with Crippen LogP contribution in [-0.2, 0) is 19.5 Å². The minimum Gasteiger partial charge on any atom is -0.324 e. The predicted molar refractivity (Wildman–Crippen MR) is 106 cm³/mol. The van der Waals surface area contributed by atoms with Crippen LogP contribution in [0.2, 0.25) is 5.15 Å². The van der Waals surface area contributed by atoms with Gasteiger partial charge in [0.1, 0.15) is 11.0 Å². The highest BCUT2D eigenvalue weighted by Crippen LogP contribution is 2.27. The number of fused-ring (bicyclic) bond motifs is 1. The fraction of sp³-hybridized carbons (Fsp3) is 0.238. The second-order valence-electron chi connectivity index (χ2n) is 6.80. The summed E-state index contributed by atoms with van der Waals surface area (Å²) in [6, 6.07) is 15.2. The van der Waals surface area contributed by atoms with E-state index in [1.54, 1.807) is 19.1 Å². The average Bonchev–Trinajstić information content (AvgIpc) is 2.66. The van der Waals surface area contributed by atoms with Crippen molar-refractivity contribution in [2.24, 2.45) is 0 Å². The van der Waals surface area contributed by atoms with Gasteiger partial charge in [-0.3, -0.25) is 4.90 Å². The standard InChI is InChI=1S/C21H20ClFN4/c1-14-11-16(7-8-18(14)23)24-21-25-19-9-10-27(13-17(19)20(22)26-21)12-15-5-3-2-4-6-15/h2-8,11H,9-10,12-13H2,1H3,(H,24,25,26). The molecule has 0 amide bonds. The van der Waals surface area contributed by atoms with Gasteiger partial charge in [0.2, 0.25) is 5.95 Å². The highest BCUT2D eigenvalue weighted by molar-refractivity contribution is 6.30. The third-order valence-corrected chi connectivity index (χ3v) is 5.06. The van der Waals surface area contributed by atoms with Crippen molar-refractivity contribution in [1.29, 1.82) is 0 Å². The molecule has 1 aliphatic rings. The molecule has 0 bridgehead atoms. The van der Waals surface area contributed by atoms with Gasteiger partial charge in [0.25, 0.3) is 0 Å². The molecule has 1 N–H and O–H groups in total. The minimum atomic E-state index is -0.233. The lowest BCUT2D eigenvalue weighted by Crippen LogP contribution is -2.31. The van der Waals surface area contributed by atoms with Crippen LogP contribution < -0.4 is 5.32 Å². The Balaban J connectivity index is 1.51. The summed E-state index contributed by atoms with van der Waals surface area (Å²) in [5, 5.41) is 3.60. The number of aryl methyl sites for hydroxylation is 1. The molecule has 3 aromatic rings. The molecule has 0 spiro atoms. The van der Waals surface area contributed by atoms with E-state index in [1.165, 1.54) is 11.6 Å². The Morgan fingerprint density at radius 2 is 1.96 bits per heavy atom. The topological polar surface area (TPSA) is 41.1 Å². The summed E-state index contributed by atoms with van der Waals surface area (Å²) in [6.45, 7) is 4.26. The summed E-state index contributed by atoms with van der Waals surface area (Å²) in [6.07, 6.45) is 0.821. The van der Waals surface area contributed by atoms with E-state index in [0.29, 0.717) is 16.7 Å². The predicted octanol–water partition coefficient (Wildman–Crippen LogP) is 4.88. The molecule has 0 aliphatic carbocycles. The molecule has 138 valence electrons. The quantitative estimate of drug-likeness (QED) is 0.653. The SMILES string of the molecule is Cc1cc(Nc2nc(Cl)c3c(n2)CCN(Cc2ccccc2)C3)ccc1F. The summed E-state index contributed by atoms with van der Waals surface area (Å²) < 4.78 is 13.4. The molecule has 0 fully saturated rings. The van der Waals surface area contributed by atoms with Crippen LogP contribution in [0.1, 0.15) is 22.4 Å². The third-order valence-electron chi connectivity index (χ3n) is 4.75. The normalized spacial score (nSPS) is 14.0. The molecule has 0 radical (unpaired) electrons. The largest absolute Gasteiger partial charge is 0.324 e. The molecule has 0 saturated heterocycles. The van der Waals surface area contributed by atoms with E-state index in [-0.39, 0.29) is 5.82 Å². The fourth-order valence-corrected chi connectivity index (χ4v) is 3.56. The van der Waals surface area contributed by atoms with Gasteiger partial charge in [0.05, 0.1) is 5.69 Å². The number of nitrogens with zero attached hydrogens (tertiary/aromatic N) is 3. The molecule has 2 aromatic carbocycles. The Hall–Kier alpha value is -2.50. The smallest absolute Gasteiger partial charge is 0.228 e. The average molecular weight is 383 g/mol. The van der Waals surface area contributed by atoms with E-state index < -0.39 is 0 Å². The van der Waals surface area contributed by atoms with Gasteiger partial charge < -0.3 is 5.32 Å². The lowest BCUT2D eigenvalue weighted by Gasteiger charge is -2.28. The second kappa shape index (κ2) is 7.62. The molecule has 0 unspecified atom stereocenters. The summed E-state index contributed by atoms with van der Waals surface area (Å²) in [4.78, 5) is 11.4. The molecule has 2 heterocycles. The number of halogens is 2. The van der Waals surface area contributed by atoms with Gasteiger partial charge in [-0.05, 0) is 36.2 Å². The lowest BCUT2D eigenvalue weighted by atomic mass is 10.1. The van der Waals surface area contributed by atoms with Gasteiger partial charge >= 0.3 is 0 Å². The summed E-state index contributed by atoms with van der Waals surface area (Å²) in [5.41, 5.74) is 4.55. The number of anilines is 2. The van der Waals surface area contributed by atoms with E-state index >= 15 is 0 Å². The lowest BCUT2D eigenvalue weighted by molar-refractivity contribution is 0.243. The number of hydrogen-bond donors (Lipinski definition) is 1. The maximum atomic E-state index is 13.4. The fourth-order valence-electron chi connectivity index (χ4n) is 3.31. The van der Waals surface area contributed by atoms with Crippen molar-refractivity contribution < 1.29 is 4.39 Å². The van der Waals surface area contributed by atoms with Crippen molar-refractivity contribution in [3.05, 3.63) is 81.9 Å². The number of hydrogen-bond acceptors (Lipinski definition) is 4. The van der Waals surface area contributed by atoms with Gasteiger partial charge in [0, 0.05) is 37.3 Å². The molecule has 0 saturated carbocycles. The van der Waals surface area contributed by atoms with Crippen molar-refractivity contribution in [2.75, 3.05) is 11.9 Å². The van der Waals surface area contributed by atoms with E-state index in [9.17, 15) is 4.39 Å². The molecule has 1 aromatic heterocycles. The van der Waals surface area contributed by atoms with Gasteiger partial charge in [0.15, 0.2) is 0 Å². The van der Waals surface area contributed by atoms with Gasteiger partial charge in [-0.2, -0.15) is 0 Å². The minimum absolute atomic E-state index is 0.233. The van der Waals surface area contributed by atoms with Crippen LogP contribution >= 0.6 is 11.6 Å². The zero-order chi connectivity index (χ0) is 18.8. The Morgan fingerprint density at radius 1 is 1.15 bits per heavy atom.